The summed E-state index contributed by atoms with van der Waals surface area (Å²) in [4.78, 5) is 19.9. The standard InChI is InChI=1S/C12H14ClN3O2/c1-12(2,3)8-5-9(13)16-6-7(10(17)18-4)14-11(16)15-8/h5-6H,1-4H3. The summed E-state index contributed by atoms with van der Waals surface area (Å²) in [5.41, 5.74) is 0.878. The molecule has 0 amide bonds. The molecule has 2 rings (SSSR count). The normalized spacial score (nSPS) is 11.8. The molecule has 0 bridgehead atoms. The highest BCUT2D eigenvalue weighted by Crippen LogP contribution is 2.24. The van der Waals surface area contributed by atoms with Crippen molar-refractivity contribution in [1.29, 1.82) is 0 Å². The largest absolute Gasteiger partial charge is 0.464 e. The minimum absolute atomic E-state index is 0.136. The fourth-order valence-corrected chi connectivity index (χ4v) is 1.74. The first-order valence-electron chi connectivity index (χ1n) is 5.47. The quantitative estimate of drug-likeness (QED) is 0.588. The van der Waals surface area contributed by atoms with Crippen molar-refractivity contribution in [2.75, 3.05) is 7.11 Å². The summed E-state index contributed by atoms with van der Waals surface area (Å²) < 4.78 is 6.18. The number of hydrogen-bond acceptors (Lipinski definition) is 4. The third kappa shape index (κ3) is 2.18. The highest BCUT2D eigenvalue weighted by atomic mass is 35.5. The van der Waals surface area contributed by atoms with Crippen LogP contribution < -0.4 is 0 Å². The molecule has 0 saturated heterocycles. The molecule has 0 unspecified atom stereocenters. The number of esters is 1. The van der Waals surface area contributed by atoms with Crippen LogP contribution in [0.2, 0.25) is 5.15 Å². The van der Waals surface area contributed by atoms with Gasteiger partial charge in [-0.15, -0.1) is 0 Å². The Bertz CT molecular complexity index is 614. The van der Waals surface area contributed by atoms with Gasteiger partial charge in [0.25, 0.3) is 0 Å². The van der Waals surface area contributed by atoms with Gasteiger partial charge in [0.05, 0.1) is 12.8 Å². The number of fused-ring (bicyclic) bond motifs is 1. The molecule has 2 aromatic rings. The summed E-state index contributed by atoms with van der Waals surface area (Å²) >= 11 is 6.16. The lowest BCUT2D eigenvalue weighted by molar-refractivity contribution is 0.0595. The number of aromatic nitrogens is 3. The number of hydrogen-bond donors (Lipinski definition) is 0. The fraction of sp³-hybridized carbons (Fsp3) is 0.417. The van der Waals surface area contributed by atoms with Gasteiger partial charge in [-0.3, -0.25) is 4.40 Å². The summed E-state index contributed by atoms with van der Waals surface area (Å²) in [5.74, 6) is -0.110. The van der Waals surface area contributed by atoms with E-state index in [4.69, 9.17) is 11.6 Å². The van der Waals surface area contributed by atoms with Gasteiger partial charge in [0.2, 0.25) is 5.78 Å². The number of rotatable bonds is 1. The number of carbonyl (C=O) groups is 1. The monoisotopic (exact) mass is 267 g/mol. The minimum Gasteiger partial charge on any atom is -0.464 e. The Morgan fingerprint density at radius 1 is 1.39 bits per heavy atom. The number of halogens is 1. The molecule has 0 aliphatic carbocycles. The van der Waals surface area contributed by atoms with Crippen molar-refractivity contribution >= 4 is 23.3 Å². The van der Waals surface area contributed by atoms with Crippen LogP contribution in [0, 0.1) is 0 Å². The maximum Gasteiger partial charge on any atom is 0.358 e. The van der Waals surface area contributed by atoms with Crippen LogP contribution in [0.3, 0.4) is 0 Å². The van der Waals surface area contributed by atoms with Crippen LogP contribution in [-0.2, 0) is 10.2 Å². The Morgan fingerprint density at radius 2 is 2.06 bits per heavy atom. The average molecular weight is 268 g/mol. The van der Waals surface area contributed by atoms with Gasteiger partial charge in [0.15, 0.2) is 5.69 Å². The molecule has 0 radical (unpaired) electrons. The second-order valence-corrected chi connectivity index (χ2v) is 5.39. The fourth-order valence-electron chi connectivity index (χ4n) is 1.52. The van der Waals surface area contributed by atoms with Gasteiger partial charge >= 0.3 is 5.97 Å². The zero-order valence-corrected chi connectivity index (χ0v) is 11.4. The van der Waals surface area contributed by atoms with E-state index in [0.717, 1.165) is 5.69 Å². The van der Waals surface area contributed by atoms with E-state index in [9.17, 15) is 4.79 Å². The second kappa shape index (κ2) is 4.24. The van der Waals surface area contributed by atoms with Gasteiger partial charge in [0.1, 0.15) is 5.15 Å². The van der Waals surface area contributed by atoms with E-state index in [1.807, 2.05) is 20.8 Å². The molecule has 6 heteroatoms. The van der Waals surface area contributed by atoms with Gasteiger partial charge in [-0.2, -0.15) is 0 Å². The molecule has 0 aliphatic rings. The van der Waals surface area contributed by atoms with Crippen molar-refractivity contribution in [3.63, 3.8) is 0 Å². The molecule has 5 nitrogen and oxygen atoms in total. The van der Waals surface area contributed by atoms with E-state index in [1.54, 1.807) is 10.5 Å². The van der Waals surface area contributed by atoms with Crippen molar-refractivity contribution < 1.29 is 9.53 Å². The topological polar surface area (TPSA) is 56.5 Å². The van der Waals surface area contributed by atoms with Crippen LogP contribution in [0.4, 0.5) is 0 Å². The van der Waals surface area contributed by atoms with Crippen molar-refractivity contribution in [2.45, 2.75) is 26.2 Å². The maximum atomic E-state index is 11.4. The first kappa shape index (κ1) is 12.8. The molecule has 96 valence electrons. The smallest absolute Gasteiger partial charge is 0.358 e. The van der Waals surface area contributed by atoms with Crippen LogP contribution in [0.25, 0.3) is 5.78 Å². The number of nitrogens with zero attached hydrogens (tertiary/aromatic N) is 3. The van der Waals surface area contributed by atoms with Crippen LogP contribution >= 0.6 is 11.6 Å². The second-order valence-electron chi connectivity index (χ2n) is 5.00. The lowest BCUT2D eigenvalue weighted by atomic mass is 9.92. The number of ether oxygens (including phenoxy) is 1. The maximum absolute atomic E-state index is 11.4. The molecule has 0 N–H and O–H groups in total. The molecule has 2 heterocycles. The Kier molecular flexibility index (Phi) is 3.02. The molecule has 18 heavy (non-hydrogen) atoms. The van der Waals surface area contributed by atoms with E-state index in [0.29, 0.717) is 10.9 Å². The van der Waals surface area contributed by atoms with E-state index in [-0.39, 0.29) is 11.1 Å². The average Bonchev–Trinajstić information content (AvgIpc) is 2.71. The highest BCUT2D eigenvalue weighted by Gasteiger charge is 2.20. The summed E-state index contributed by atoms with van der Waals surface area (Å²) in [5, 5.41) is 0.465. The van der Waals surface area contributed by atoms with E-state index in [1.165, 1.54) is 13.3 Å². The molecule has 0 spiro atoms. The predicted octanol–water partition coefficient (Wildman–Crippen LogP) is 2.47. The van der Waals surface area contributed by atoms with E-state index < -0.39 is 5.97 Å². The van der Waals surface area contributed by atoms with Gasteiger partial charge in [-0.1, -0.05) is 32.4 Å². The van der Waals surface area contributed by atoms with Gasteiger partial charge in [-0.05, 0) is 6.07 Å². The van der Waals surface area contributed by atoms with Gasteiger partial charge in [-0.25, -0.2) is 14.8 Å². The first-order valence-corrected chi connectivity index (χ1v) is 5.85. The Hall–Kier alpha value is -1.62. The predicted molar refractivity (Wildman–Crippen MR) is 68.0 cm³/mol. The molecule has 0 fully saturated rings. The Morgan fingerprint density at radius 3 is 2.61 bits per heavy atom. The number of methoxy groups -OCH3 is 1. The van der Waals surface area contributed by atoms with Crippen LogP contribution in [0.1, 0.15) is 37.0 Å². The molecular formula is C12H14ClN3O2. The summed E-state index contributed by atoms with van der Waals surface area (Å²) in [6.45, 7) is 6.10. The zero-order chi connectivity index (χ0) is 13.5. The van der Waals surface area contributed by atoms with Crippen molar-refractivity contribution in [3.8, 4) is 0 Å². The van der Waals surface area contributed by atoms with Crippen LogP contribution in [0.5, 0.6) is 0 Å². The SMILES string of the molecule is COC(=O)c1cn2c(Cl)cc(C(C)(C)C)nc2n1. The molecule has 2 aromatic heterocycles. The van der Waals surface area contributed by atoms with Crippen molar-refractivity contribution in [3.05, 3.63) is 28.8 Å². The molecule has 0 aliphatic heterocycles. The lowest BCUT2D eigenvalue weighted by Crippen LogP contribution is -2.14. The third-order valence-electron chi connectivity index (χ3n) is 2.56. The molecular weight excluding hydrogens is 254 g/mol. The summed E-state index contributed by atoms with van der Waals surface area (Å²) in [6, 6.07) is 1.78. The third-order valence-corrected chi connectivity index (χ3v) is 2.85. The minimum atomic E-state index is -0.506. The van der Waals surface area contributed by atoms with Crippen molar-refractivity contribution in [1.82, 2.24) is 14.4 Å². The van der Waals surface area contributed by atoms with E-state index in [2.05, 4.69) is 14.7 Å². The van der Waals surface area contributed by atoms with Gasteiger partial charge < -0.3 is 4.74 Å². The molecule has 0 atom stereocenters. The Balaban J connectivity index is 2.63. The highest BCUT2D eigenvalue weighted by molar-refractivity contribution is 6.29. The Labute approximate surface area is 110 Å². The zero-order valence-electron chi connectivity index (χ0n) is 10.7. The number of imidazole rings is 1. The van der Waals surface area contributed by atoms with E-state index >= 15 is 0 Å². The molecule has 0 aromatic carbocycles. The summed E-state index contributed by atoms with van der Waals surface area (Å²) in [6.07, 6.45) is 1.52. The van der Waals surface area contributed by atoms with Crippen LogP contribution in [-0.4, -0.2) is 27.4 Å². The van der Waals surface area contributed by atoms with Gasteiger partial charge in [0, 0.05) is 11.6 Å². The lowest BCUT2D eigenvalue weighted by Gasteiger charge is -2.17. The summed E-state index contributed by atoms with van der Waals surface area (Å²) in [7, 11) is 1.31. The molecule has 0 saturated carbocycles. The first-order chi connectivity index (χ1) is 8.32. The van der Waals surface area contributed by atoms with Crippen LogP contribution in [0.15, 0.2) is 12.3 Å². The van der Waals surface area contributed by atoms with Crippen molar-refractivity contribution in [2.24, 2.45) is 0 Å². The number of carbonyl (C=O) groups excluding carboxylic acids is 1.